The molecule has 1 aromatic heterocycles. The average molecular weight is 461 g/mol. The molecular weight excluding hydrogens is 428 g/mol. The van der Waals surface area contributed by atoms with Gasteiger partial charge in [0, 0.05) is 30.3 Å². The third-order valence-corrected chi connectivity index (χ3v) is 6.36. The summed E-state index contributed by atoms with van der Waals surface area (Å²) in [6.07, 6.45) is 2.82. The quantitative estimate of drug-likeness (QED) is 0.506. The first kappa shape index (κ1) is 23.5. The third kappa shape index (κ3) is 4.69. The number of carbonyl (C=O) groups is 2. The minimum Gasteiger partial charge on any atom is -0.345 e. The van der Waals surface area contributed by atoms with Crippen LogP contribution in [0.1, 0.15) is 67.2 Å². The summed E-state index contributed by atoms with van der Waals surface area (Å²) in [4.78, 5) is 41.5. The van der Waals surface area contributed by atoms with Gasteiger partial charge in [-0.15, -0.1) is 0 Å². The monoisotopic (exact) mass is 460 g/mol. The Morgan fingerprint density at radius 3 is 2.35 bits per heavy atom. The van der Waals surface area contributed by atoms with Crippen LogP contribution in [0.15, 0.2) is 59.4 Å². The van der Waals surface area contributed by atoms with Crippen molar-refractivity contribution in [3.8, 4) is 0 Å². The van der Waals surface area contributed by atoms with Crippen LogP contribution < -0.4 is 16.3 Å². The first-order valence-corrected chi connectivity index (χ1v) is 12.1. The largest absolute Gasteiger partial charge is 0.345 e. The summed E-state index contributed by atoms with van der Waals surface area (Å²) in [6, 6.07) is 16.9. The lowest BCUT2D eigenvalue weighted by atomic mass is 10.00. The van der Waals surface area contributed by atoms with E-state index in [1.54, 1.807) is 17.0 Å². The molecule has 1 aliphatic heterocycles. The van der Waals surface area contributed by atoms with E-state index in [9.17, 15) is 14.4 Å². The van der Waals surface area contributed by atoms with Crippen molar-refractivity contribution >= 4 is 22.6 Å². The Hall–Kier alpha value is -3.61. The molecule has 4 rings (SSSR count). The van der Waals surface area contributed by atoms with Crippen molar-refractivity contribution in [1.29, 1.82) is 0 Å². The molecule has 1 aliphatic rings. The van der Waals surface area contributed by atoms with Crippen LogP contribution in [0.4, 0.5) is 0 Å². The van der Waals surface area contributed by atoms with Gasteiger partial charge in [-0.1, -0.05) is 62.4 Å². The number of fused-ring (bicyclic) bond motifs is 1. The van der Waals surface area contributed by atoms with Crippen molar-refractivity contribution in [3.63, 3.8) is 0 Å². The lowest BCUT2D eigenvalue weighted by molar-refractivity contribution is -0.128. The highest BCUT2D eigenvalue weighted by Crippen LogP contribution is 2.25. The van der Waals surface area contributed by atoms with Crippen LogP contribution in [-0.4, -0.2) is 34.5 Å². The zero-order valence-corrected chi connectivity index (χ0v) is 19.8. The van der Waals surface area contributed by atoms with Gasteiger partial charge in [-0.3, -0.25) is 14.4 Å². The molecule has 2 N–H and O–H groups in total. The van der Waals surface area contributed by atoms with E-state index < -0.39 is 0 Å². The Morgan fingerprint density at radius 2 is 1.71 bits per heavy atom. The summed E-state index contributed by atoms with van der Waals surface area (Å²) >= 11 is 0. The van der Waals surface area contributed by atoms with Crippen LogP contribution in [0.3, 0.4) is 0 Å². The van der Waals surface area contributed by atoms with Gasteiger partial charge in [0.25, 0.3) is 11.5 Å². The van der Waals surface area contributed by atoms with Crippen molar-refractivity contribution in [2.24, 2.45) is 0 Å². The maximum atomic E-state index is 13.9. The van der Waals surface area contributed by atoms with Gasteiger partial charge in [-0.05, 0) is 30.9 Å². The Kier molecular flexibility index (Phi) is 7.30. The minimum absolute atomic E-state index is 0.0460. The van der Waals surface area contributed by atoms with Crippen molar-refractivity contribution in [3.05, 3.63) is 81.8 Å². The summed E-state index contributed by atoms with van der Waals surface area (Å²) in [7, 11) is 0. The molecule has 3 aromatic rings. The van der Waals surface area contributed by atoms with Crippen molar-refractivity contribution < 1.29 is 9.59 Å². The molecule has 2 amide bonds. The van der Waals surface area contributed by atoms with Crippen LogP contribution in [-0.2, 0) is 11.3 Å². The summed E-state index contributed by atoms with van der Waals surface area (Å²) in [6.45, 7) is 5.45. The summed E-state index contributed by atoms with van der Waals surface area (Å²) in [5.41, 5.74) is 4.97. The first-order chi connectivity index (χ1) is 16.5. The zero-order valence-electron chi connectivity index (χ0n) is 19.8. The predicted molar refractivity (Wildman–Crippen MR) is 134 cm³/mol. The molecule has 0 aliphatic carbocycles. The van der Waals surface area contributed by atoms with Crippen molar-refractivity contribution in [2.75, 3.05) is 18.5 Å². The number of hydrogen-bond acceptors (Lipinski definition) is 4. The maximum Gasteiger partial charge on any atom is 0.277 e. The second kappa shape index (κ2) is 10.5. The van der Waals surface area contributed by atoms with Crippen LogP contribution in [0.2, 0.25) is 0 Å². The zero-order chi connectivity index (χ0) is 24.1. The molecule has 0 radical (unpaired) electrons. The molecule has 2 aromatic carbocycles. The van der Waals surface area contributed by atoms with Crippen LogP contribution in [0.25, 0.3) is 10.8 Å². The highest BCUT2D eigenvalue weighted by Gasteiger charge is 2.28. The predicted octanol–water partition coefficient (Wildman–Crippen LogP) is 3.96. The number of rotatable bonds is 9. The molecule has 7 nitrogen and oxygen atoms in total. The van der Waals surface area contributed by atoms with E-state index >= 15 is 0 Å². The number of nitrogens with zero attached hydrogens (tertiary/aromatic N) is 2. The SMILES string of the molecule is CCCNn1c(CN2CCCC2=O)c(C(=O)NC(CC)c2ccccc2)c2ccccc2c1=O. The van der Waals surface area contributed by atoms with Crippen LogP contribution in [0.5, 0.6) is 0 Å². The fraction of sp³-hybridized carbons (Fsp3) is 0.370. The molecule has 178 valence electrons. The number of likely N-dealkylation sites (tertiary alicyclic amines) is 1. The molecule has 7 heteroatoms. The molecule has 1 unspecified atom stereocenters. The Balaban J connectivity index is 1.86. The average Bonchev–Trinajstić information content (AvgIpc) is 3.27. The minimum atomic E-state index is -0.249. The fourth-order valence-corrected chi connectivity index (χ4v) is 4.58. The fourth-order valence-electron chi connectivity index (χ4n) is 4.58. The van der Waals surface area contributed by atoms with E-state index in [-0.39, 0.29) is 30.0 Å². The second-order valence-corrected chi connectivity index (χ2v) is 8.68. The Bertz CT molecular complexity index is 1240. The molecule has 0 spiro atoms. The lowest BCUT2D eigenvalue weighted by Gasteiger charge is -2.25. The molecule has 0 bridgehead atoms. The number of aromatic nitrogens is 1. The topological polar surface area (TPSA) is 83.4 Å². The highest BCUT2D eigenvalue weighted by atomic mass is 16.2. The van der Waals surface area contributed by atoms with Gasteiger partial charge in [-0.2, -0.15) is 0 Å². The van der Waals surface area contributed by atoms with Crippen LogP contribution >= 0.6 is 0 Å². The number of carbonyl (C=O) groups excluding carboxylic acids is 2. The van der Waals surface area contributed by atoms with Gasteiger partial charge in [0.2, 0.25) is 5.91 Å². The molecule has 2 heterocycles. The molecule has 1 fully saturated rings. The van der Waals surface area contributed by atoms with Gasteiger partial charge in [0.15, 0.2) is 0 Å². The molecular formula is C27H32N4O3. The number of amides is 2. The van der Waals surface area contributed by atoms with Gasteiger partial charge in [0.05, 0.1) is 23.8 Å². The smallest absolute Gasteiger partial charge is 0.277 e. The molecule has 34 heavy (non-hydrogen) atoms. The summed E-state index contributed by atoms with van der Waals surface area (Å²) in [5, 5.41) is 4.26. The molecule has 1 saturated heterocycles. The van der Waals surface area contributed by atoms with Gasteiger partial charge in [-0.25, -0.2) is 4.68 Å². The van der Waals surface area contributed by atoms with Crippen molar-refractivity contribution in [2.45, 2.75) is 52.1 Å². The van der Waals surface area contributed by atoms with Crippen molar-refractivity contribution in [1.82, 2.24) is 14.9 Å². The van der Waals surface area contributed by atoms with E-state index in [4.69, 9.17) is 0 Å². The summed E-state index contributed by atoms with van der Waals surface area (Å²) < 4.78 is 1.48. The third-order valence-electron chi connectivity index (χ3n) is 6.36. The van der Waals surface area contributed by atoms with E-state index in [0.717, 1.165) is 24.8 Å². The first-order valence-electron chi connectivity index (χ1n) is 12.1. The standard InChI is InChI=1S/C27H32N4O3/c1-3-16-28-31-23(18-30-17-10-15-24(30)32)25(20-13-8-9-14-21(20)27(31)34)26(33)29-22(4-2)19-11-6-5-7-12-19/h5-9,11-14,22,28H,3-4,10,15-18H2,1-2H3,(H,29,33). The van der Waals surface area contributed by atoms with Gasteiger partial charge in [0.1, 0.15) is 0 Å². The van der Waals surface area contributed by atoms with Gasteiger partial charge < -0.3 is 15.6 Å². The number of benzene rings is 2. The Morgan fingerprint density at radius 1 is 1.00 bits per heavy atom. The molecule has 0 saturated carbocycles. The highest BCUT2D eigenvalue weighted by molar-refractivity contribution is 6.08. The van der Waals surface area contributed by atoms with E-state index in [0.29, 0.717) is 41.5 Å². The second-order valence-electron chi connectivity index (χ2n) is 8.68. The normalized spacial score (nSPS) is 14.4. The van der Waals surface area contributed by atoms with E-state index in [1.165, 1.54) is 4.68 Å². The number of nitrogens with one attached hydrogen (secondary N) is 2. The lowest BCUT2D eigenvalue weighted by Crippen LogP contribution is -2.39. The molecule has 1 atom stereocenters. The number of pyridine rings is 1. The van der Waals surface area contributed by atoms with Crippen LogP contribution in [0, 0.1) is 0 Å². The van der Waals surface area contributed by atoms with E-state index in [2.05, 4.69) is 10.7 Å². The van der Waals surface area contributed by atoms with E-state index in [1.807, 2.05) is 56.3 Å². The van der Waals surface area contributed by atoms with Gasteiger partial charge >= 0.3 is 0 Å². The Labute approximate surface area is 199 Å². The number of hydrogen-bond donors (Lipinski definition) is 2. The maximum absolute atomic E-state index is 13.9. The summed E-state index contributed by atoms with van der Waals surface area (Å²) in [5.74, 6) is -0.203.